The van der Waals surface area contributed by atoms with Crippen LogP contribution in [0.5, 0.6) is 0 Å². The molecule has 1 aliphatic rings. The van der Waals surface area contributed by atoms with Gasteiger partial charge in [-0.3, -0.25) is 9.20 Å². The van der Waals surface area contributed by atoms with Gasteiger partial charge in [-0.1, -0.05) is 73.5 Å². The van der Waals surface area contributed by atoms with Gasteiger partial charge in [-0.15, -0.1) is 21.5 Å². The van der Waals surface area contributed by atoms with Crippen LogP contribution in [0.2, 0.25) is 0 Å². The first-order valence-electron chi connectivity index (χ1n) is 11.8. The first-order valence-corrected chi connectivity index (χ1v) is 13.6. The molecule has 0 N–H and O–H groups in total. The molecule has 0 unspecified atom stereocenters. The fraction of sp³-hybridized carbons (Fsp3) is 0.308. The zero-order chi connectivity index (χ0) is 22.9. The molecule has 2 aromatic carbocycles. The van der Waals surface area contributed by atoms with Gasteiger partial charge in [0.15, 0.2) is 10.1 Å². The molecule has 6 rings (SSSR count). The molecule has 0 aliphatic heterocycles. The Hall–Kier alpha value is -2.97. The van der Waals surface area contributed by atoms with Crippen molar-refractivity contribution >= 4 is 38.8 Å². The summed E-state index contributed by atoms with van der Waals surface area (Å²) >= 11 is 3.11. The van der Waals surface area contributed by atoms with Crippen molar-refractivity contribution in [3.8, 4) is 0 Å². The molecule has 1 fully saturated rings. The Morgan fingerprint density at radius 1 is 1.03 bits per heavy atom. The van der Waals surface area contributed by atoms with Crippen molar-refractivity contribution in [2.75, 3.05) is 0 Å². The number of benzene rings is 2. The average Bonchev–Trinajstić information content (AvgIpc) is 3.51. The van der Waals surface area contributed by atoms with Gasteiger partial charge >= 0.3 is 0 Å². The molecule has 172 valence electrons. The Morgan fingerprint density at radius 3 is 2.79 bits per heavy atom. The minimum Gasteiger partial charge on any atom is -0.303 e. The number of nitrogens with zero attached hydrogens (tertiary/aromatic N) is 5. The fourth-order valence-corrected chi connectivity index (χ4v) is 6.61. The Balaban J connectivity index is 1.32. The van der Waals surface area contributed by atoms with E-state index in [0.717, 1.165) is 40.9 Å². The molecule has 34 heavy (non-hydrogen) atoms. The highest BCUT2D eigenvalue weighted by molar-refractivity contribution is 7.98. The average molecular weight is 488 g/mol. The molecule has 0 atom stereocenters. The molecule has 0 saturated heterocycles. The van der Waals surface area contributed by atoms with Crippen LogP contribution < -0.4 is 5.56 Å². The lowest BCUT2D eigenvalue weighted by Crippen LogP contribution is -2.17. The number of hydrogen-bond donors (Lipinski definition) is 0. The van der Waals surface area contributed by atoms with E-state index in [4.69, 9.17) is 0 Å². The third-order valence-electron chi connectivity index (χ3n) is 6.61. The van der Waals surface area contributed by atoms with Crippen LogP contribution in [0, 0.1) is 0 Å². The molecule has 0 radical (unpaired) electrons. The van der Waals surface area contributed by atoms with Gasteiger partial charge in [-0.25, -0.2) is 4.98 Å². The van der Waals surface area contributed by atoms with E-state index in [0.29, 0.717) is 11.8 Å². The van der Waals surface area contributed by atoms with E-state index in [2.05, 4.69) is 62.2 Å². The van der Waals surface area contributed by atoms with Crippen LogP contribution in [0.3, 0.4) is 0 Å². The van der Waals surface area contributed by atoms with Crippen LogP contribution in [-0.4, -0.2) is 24.1 Å². The van der Waals surface area contributed by atoms with Gasteiger partial charge < -0.3 is 4.57 Å². The Bertz CT molecular complexity index is 1510. The quantitative estimate of drug-likeness (QED) is 0.280. The summed E-state index contributed by atoms with van der Waals surface area (Å²) in [5.41, 5.74) is 2.02. The summed E-state index contributed by atoms with van der Waals surface area (Å²) < 4.78 is 3.97. The maximum atomic E-state index is 12.4. The molecule has 3 heterocycles. The zero-order valence-electron chi connectivity index (χ0n) is 18.8. The maximum Gasteiger partial charge on any atom is 0.258 e. The third kappa shape index (κ3) is 4.16. The Morgan fingerprint density at radius 2 is 1.88 bits per heavy atom. The smallest absolute Gasteiger partial charge is 0.258 e. The predicted octanol–water partition coefficient (Wildman–Crippen LogP) is 5.89. The van der Waals surface area contributed by atoms with E-state index in [-0.39, 0.29) is 5.56 Å². The van der Waals surface area contributed by atoms with E-state index in [1.807, 2.05) is 5.38 Å². The van der Waals surface area contributed by atoms with Gasteiger partial charge in [0.2, 0.25) is 0 Å². The standard InChI is InChI=1S/C26H25N5OS2/c32-24-16-20(27-25-30(24)13-14-33-25)17-34-26-29-28-23(31(26)21-10-2-1-3-11-21)15-19-9-6-8-18-7-4-5-12-22(18)19/h4-9,12-14,16,21H,1-3,10-11,15,17H2. The van der Waals surface area contributed by atoms with E-state index in [1.165, 1.54) is 46.9 Å². The highest BCUT2D eigenvalue weighted by Crippen LogP contribution is 2.34. The number of hydrogen-bond acceptors (Lipinski definition) is 6. The number of rotatable bonds is 6. The SMILES string of the molecule is O=c1cc(CSc2nnc(Cc3cccc4ccccc34)n2C2CCCCC2)nc2sccn12. The van der Waals surface area contributed by atoms with E-state index < -0.39 is 0 Å². The van der Waals surface area contributed by atoms with Crippen LogP contribution >= 0.6 is 23.1 Å². The number of fused-ring (bicyclic) bond motifs is 2. The van der Waals surface area contributed by atoms with Crippen molar-refractivity contribution in [3.63, 3.8) is 0 Å². The lowest BCUT2D eigenvalue weighted by molar-refractivity contribution is 0.330. The van der Waals surface area contributed by atoms with E-state index in [1.54, 1.807) is 28.4 Å². The molecular formula is C26H25N5OS2. The summed E-state index contributed by atoms with van der Waals surface area (Å²) in [5.74, 6) is 1.62. The number of aromatic nitrogens is 5. The molecule has 6 nitrogen and oxygen atoms in total. The third-order valence-corrected chi connectivity index (χ3v) is 8.34. The van der Waals surface area contributed by atoms with E-state index in [9.17, 15) is 4.79 Å². The lowest BCUT2D eigenvalue weighted by atomic mass is 9.95. The molecule has 1 aliphatic carbocycles. The second-order valence-electron chi connectivity index (χ2n) is 8.81. The maximum absolute atomic E-state index is 12.4. The Kier molecular flexibility index (Phi) is 5.93. The lowest BCUT2D eigenvalue weighted by Gasteiger charge is -2.25. The van der Waals surface area contributed by atoms with Gasteiger partial charge in [0.05, 0.1) is 5.69 Å². The summed E-state index contributed by atoms with van der Waals surface area (Å²) in [6, 6.07) is 17.1. The molecule has 1 saturated carbocycles. The van der Waals surface area contributed by atoms with Crippen molar-refractivity contribution in [1.82, 2.24) is 24.1 Å². The second-order valence-corrected chi connectivity index (χ2v) is 10.6. The van der Waals surface area contributed by atoms with Crippen molar-refractivity contribution in [3.05, 3.63) is 87.5 Å². The van der Waals surface area contributed by atoms with Crippen LogP contribution in [0.1, 0.15) is 55.2 Å². The van der Waals surface area contributed by atoms with Crippen LogP contribution in [0.4, 0.5) is 0 Å². The summed E-state index contributed by atoms with van der Waals surface area (Å²) in [6.07, 6.45) is 8.64. The first-order chi connectivity index (χ1) is 16.8. The van der Waals surface area contributed by atoms with Gasteiger partial charge in [0.1, 0.15) is 5.82 Å². The second kappa shape index (κ2) is 9.35. The summed E-state index contributed by atoms with van der Waals surface area (Å²) in [5, 5.41) is 14.6. The summed E-state index contributed by atoms with van der Waals surface area (Å²) in [6.45, 7) is 0. The zero-order valence-corrected chi connectivity index (χ0v) is 20.4. The summed E-state index contributed by atoms with van der Waals surface area (Å²) in [4.78, 5) is 17.8. The number of thiazole rings is 1. The highest BCUT2D eigenvalue weighted by atomic mass is 32.2. The largest absolute Gasteiger partial charge is 0.303 e. The van der Waals surface area contributed by atoms with Crippen molar-refractivity contribution in [2.45, 2.75) is 55.5 Å². The minimum atomic E-state index is -0.0350. The molecule has 3 aromatic heterocycles. The van der Waals surface area contributed by atoms with Gasteiger partial charge in [0, 0.05) is 35.9 Å². The monoisotopic (exact) mass is 487 g/mol. The highest BCUT2D eigenvalue weighted by Gasteiger charge is 2.23. The minimum absolute atomic E-state index is 0.0350. The fourth-order valence-electron chi connectivity index (χ4n) is 4.95. The topological polar surface area (TPSA) is 65.1 Å². The molecule has 8 heteroatoms. The van der Waals surface area contributed by atoms with Crippen LogP contribution in [0.15, 0.2) is 70.1 Å². The molecule has 5 aromatic rings. The normalized spacial score (nSPS) is 14.8. The van der Waals surface area contributed by atoms with Gasteiger partial charge in [-0.2, -0.15) is 0 Å². The van der Waals surface area contributed by atoms with Crippen molar-refractivity contribution < 1.29 is 0 Å². The van der Waals surface area contributed by atoms with Crippen LogP contribution in [-0.2, 0) is 12.2 Å². The molecule has 0 spiro atoms. The van der Waals surface area contributed by atoms with Gasteiger partial charge in [-0.05, 0) is 29.2 Å². The Labute approximate surface area is 205 Å². The van der Waals surface area contributed by atoms with Crippen molar-refractivity contribution in [1.29, 1.82) is 0 Å². The summed E-state index contributed by atoms with van der Waals surface area (Å²) in [7, 11) is 0. The molecular weight excluding hydrogens is 462 g/mol. The van der Waals surface area contributed by atoms with E-state index >= 15 is 0 Å². The van der Waals surface area contributed by atoms with Gasteiger partial charge in [0.25, 0.3) is 5.56 Å². The predicted molar refractivity (Wildman–Crippen MR) is 138 cm³/mol. The van der Waals surface area contributed by atoms with Crippen LogP contribution in [0.25, 0.3) is 15.7 Å². The number of thioether (sulfide) groups is 1. The van der Waals surface area contributed by atoms with Crippen molar-refractivity contribution in [2.24, 2.45) is 0 Å². The molecule has 0 bridgehead atoms. The first kappa shape index (κ1) is 21.6. The molecule has 0 amide bonds.